The summed E-state index contributed by atoms with van der Waals surface area (Å²) in [6.07, 6.45) is 2.39. The van der Waals surface area contributed by atoms with E-state index in [0.29, 0.717) is 22.7 Å². The number of benzene rings is 2. The highest BCUT2D eigenvalue weighted by atomic mass is 16.5. The maximum absolute atomic E-state index is 12.7. The lowest BCUT2D eigenvalue weighted by Crippen LogP contribution is -2.33. The molecule has 0 aliphatic carbocycles. The average Bonchev–Trinajstić information content (AvgIpc) is 2.84. The van der Waals surface area contributed by atoms with Crippen molar-refractivity contribution in [3.8, 4) is 22.8 Å². The van der Waals surface area contributed by atoms with Crippen LogP contribution in [0.15, 0.2) is 54.6 Å². The molecule has 1 aromatic heterocycles. The molecule has 1 aliphatic heterocycles. The summed E-state index contributed by atoms with van der Waals surface area (Å²) in [5.74, 6) is 2.54. The zero-order chi connectivity index (χ0) is 22.5. The molecule has 0 unspecified atom stereocenters. The zero-order valence-electron chi connectivity index (χ0n) is 18.7. The van der Waals surface area contributed by atoms with Crippen molar-refractivity contribution in [2.24, 2.45) is 5.92 Å². The normalized spacial score (nSPS) is 14.2. The first-order valence-electron chi connectivity index (χ1n) is 10.8. The topological polar surface area (TPSA) is 76.6 Å². The fourth-order valence-corrected chi connectivity index (χ4v) is 3.79. The average molecular weight is 433 g/mol. The van der Waals surface area contributed by atoms with Crippen LogP contribution in [0.25, 0.3) is 11.3 Å². The van der Waals surface area contributed by atoms with Crippen molar-refractivity contribution < 1.29 is 14.3 Å². The lowest BCUT2D eigenvalue weighted by atomic mass is 9.99. The second-order valence-electron chi connectivity index (χ2n) is 8.04. The Morgan fingerprint density at radius 3 is 2.34 bits per heavy atom. The number of rotatable bonds is 6. The quantitative estimate of drug-likeness (QED) is 0.611. The second kappa shape index (κ2) is 9.68. The second-order valence-corrected chi connectivity index (χ2v) is 8.04. The van der Waals surface area contributed by atoms with Gasteiger partial charge in [-0.1, -0.05) is 19.1 Å². The van der Waals surface area contributed by atoms with Gasteiger partial charge in [0.05, 0.1) is 25.5 Å². The van der Waals surface area contributed by atoms with Gasteiger partial charge >= 0.3 is 0 Å². The monoisotopic (exact) mass is 432 g/mol. The summed E-state index contributed by atoms with van der Waals surface area (Å²) in [4.78, 5) is 15.0. The molecule has 166 valence electrons. The first-order chi connectivity index (χ1) is 15.6. The van der Waals surface area contributed by atoms with Gasteiger partial charge < -0.3 is 19.7 Å². The van der Waals surface area contributed by atoms with Crippen LogP contribution in [0.1, 0.15) is 30.1 Å². The SMILES string of the molecule is COc1ccc(C(=O)Nc2ccc(-c3ccc(N4CCC(C)CC4)nn3)cc2)c(OC)c1. The van der Waals surface area contributed by atoms with E-state index in [4.69, 9.17) is 9.47 Å². The molecule has 2 heterocycles. The fourth-order valence-electron chi connectivity index (χ4n) is 3.79. The predicted molar refractivity (Wildman–Crippen MR) is 126 cm³/mol. The van der Waals surface area contributed by atoms with Crippen molar-refractivity contribution in [3.63, 3.8) is 0 Å². The number of aromatic nitrogens is 2. The van der Waals surface area contributed by atoms with Gasteiger partial charge in [-0.15, -0.1) is 10.2 Å². The molecule has 1 N–H and O–H groups in total. The molecule has 2 aromatic carbocycles. The van der Waals surface area contributed by atoms with Gasteiger partial charge in [-0.25, -0.2) is 0 Å². The van der Waals surface area contributed by atoms with Crippen molar-refractivity contribution in [3.05, 3.63) is 60.2 Å². The highest BCUT2D eigenvalue weighted by Gasteiger charge is 2.17. The Labute approximate surface area is 188 Å². The smallest absolute Gasteiger partial charge is 0.259 e. The molecule has 7 nitrogen and oxygen atoms in total. The van der Waals surface area contributed by atoms with Crippen molar-refractivity contribution in [2.75, 3.05) is 37.5 Å². The summed E-state index contributed by atoms with van der Waals surface area (Å²) in [6.45, 7) is 4.36. The summed E-state index contributed by atoms with van der Waals surface area (Å²) >= 11 is 0. The lowest BCUT2D eigenvalue weighted by Gasteiger charge is -2.30. The summed E-state index contributed by atoms with van der Waals surface area (Å²) in [6, 6.07) is 16.7. The largest absolute Gasteiger partial charge is 0.497 e. The van der Waals surface area contributed by atoms with Gasteiger partial charge in [0.15, 0.2) is 5.82 Å². The Kier molecular flexibility index (Phi) is 6.54. The Hall–Kier alpha value is -3.61. The molecule has 32 heavy (non-hydrogen) atoms. The van der Waals surface area contributed by atoms with E-state index in [0.717, 1.165) is 36.1 Å². The molecule has 1 amide bonds. The van der Waals surface area contributed by atoms with Crippen molar-refractivity contribution in [1.29, 1.82) is 0 Å². The number of hydrogen-bond acceptors (Lipinski definition) is 6. The molecule has 1 saturated heterocycles. The Bertz CT molecular complexity index is 1060. The molecule has 7 heteroatoms. The summed E-state index contributed by atoms with van der Waals surface area (Å²) in [7, 11) is 3.10. The zero-order valence-corrected chi connectivity index (χ0v) is 18.7. The number of piperidine rings is 1. The van der Waals surface area contributed by atoms with Crippen molar-refractivity contribution in [1.82, 2.24) is 10.2 Å². The molecular formula is C25H28N4O3. The van der Waals surface area contributed by atoms with Crippen LogP contribution in [0.2, 0.25) is 0 Å². The standard InChI is InChI=1S/C25H28N4O3/c1-17-12-14-29(15-13-17)24-11-10-22(27-28-24)18-4-6-19(7-5-18)26-25(30)21-9-8-20(31-2)16-23(21)32-3/h4-11,16-17H,12-15H2,1-3H3,(H,26,30). The molecular weight excluding hydrogens is 404 g/mol. The van der Waals surface area contributed by atoms with Crippen LogP contribution >= 0.6 is 0 Å². The van der Waals surface area contributed by atoms with E-state index in [2.05, 4.69) is 27.3 Å². The Morgan fingerprint density at radius 2 is 1.72 bits per heavy atom. The van der Waals surface area contributed by atoms with Gasteiger partial charge in [-0.3, -0.25) is 4.79 Å². The lowest BCUT2D eigenvalue weighted by molar-refractivity contribution is 0.102. The number of nitrogens with one attached hydrogen (secondary N) is 1. The molecule has 0 bridgehead atoms. The van der Waals surface area contributed by atoms with Crippen LogP contribution in [0.3, 0.4) is 0 Å². The number of nitrogens with zero attached hydrogens (tertiary/aromatic N) is 3. The molecule has 1 fully saturated rings. The third kappa shape index (κ3) is 4.82. The highest BCUT2D eigenvalue weighted by Crippen LogP contribution is 2.27. The number of anilines is 2. The van der Waals surface area contributed by atoms with Gasteiger partial charge in [-0.05, 0) is 55.2 Å². The third-order valence-electron chi connectivity index (χ3n) is 5.85. The highest BCUT2D eigenvalue weighted by molar-refractivity contribution is 6.06. The third-order valence-corrected chi connectivity index (χ3v) is 5.85. The number of carbonyl (C=O) groups excluding carboxylic acids is 1. The minimum absolute atomic E-state index is 0.253. The van der Waals surface area contributed by atoms with E-state index in [1.165, 1.54) is 20.0 Å². The van der Waals surface area contributed by atoms with E-state index >= 15 is 0 Å². The number of carbonyl (C=O) groups is 1. The molecule has 0 spiro atoms. The van der Waals surface area contributed by atoms with Crippen LogP contribution in [0.5, 0.6) is 11.5 Å². The molecule has 0 radical (unpaired) electrons. The van der Waals surface area contributed by atoms with Gasteiger partial charge in [0.1, 0.15) is 11.5 Å². The van der Waals surface area contributed by atoms with Gasteiger partial charge in [0, 0.05) is 30.4 Å². The summed E-state index contributed by atoms with van der Waals surface area (Å²) in [5.41, 5.74) is 2.86. The molecule has 0 saturated carbocycles. The minimum Gasteiger partial charge on any atom is -0.497 e. The van der Waals surface area contributed by atoms with Crippen LogP contribution in [-0.4, -0.2) is 43.4 Å². The Morgan fingerprint density at radius 1 is 0.969 bits per heavy atom. The first-order valence-corrected chi connectivity index (χ1v) is 10.8. The van der Waals surface area contributed by atoms with Crippen LogP contribution in [-0.2, 0) is 0 Å². The van der Waals surface area contributed by atoms with Crippen LogP contribution in [0.4, 0.5) is 11.5 Å². The van der Waals surface area contributed by atoms with Crippen LogP contribution in [0, 0.1) is 5.92 Å². The first kappa shape index (κ1) is 21.6. The fraction of sp³-hybridized carbons (Fsp3) is 0.320. The Balaban J connectivity index is 1.42. The molecule has 4 rings (SSSR count). The number of hydrogen-bond donors (Lipinski definition) is 1. The molecule has 3 aromatic rings. The minimum atomic E-state index is -0.253. The van der Waals surface area contributed by atoms with E-state index in [-0.39, 0.29) is 5.91 Å². The number of ether oxygens (including phenoxy) is 2. The van der Waals surface area contributed by atoms with Gasteiger partial charge in [0.2, 0.25) is 0 Å². The predicted octanol–water partition coefficient (Wildman–Crippen LogP) is 4.65. The van der Waals surface area contributed by atoms with Crippen molar-refractivity contribution >= 4 is 17.4 Å². The van der Waals surface area contributed by atoms with Gasteiger partial charge in [0.25, 0.3) is 5.91 Å². The van der Waals surface area contributed by atoms with E-state index in [9.17, 15) is 4.79 Å². The summed E-state index contributed by atoms with van der Waals surface area (Å²) in [5, 5.41) is 11.7. The maximum atomic E-state index is 12.7. The van der Waals surface area contributed by atoms with Crippen LogP contribution < -0.4 is 19.7 Å². The van der Waals surface area contributed by atoms with E-state index in [1.54, 1.807) is 25.3 Å². The summed E-state index contributed by atoms with van der Waals surface area (Å²) < 4.78 is 10.5. The maximum Gasteiger partial charge on any atom is 0.259 e. The van der Waals surface area contributed by atoms with E-state index < -0.39 is 0 Å². The number of amides is 1. The van der Waals surface area contributed by atoms with Gasteiger partial charge in [-0.2, -0.15) is 0 Å². The number of methoxy groups -OCH3 is 2. The van der Waals surface area contributed by atoms with E-state index in [1.807, 2.05) is 36.4 Å². The molecule has 0 atom stereocenters. The molecule has 1 aliphatic rings. The van der Waals surface area contributed by atoms with Crippen molar-refractivity contribution in [2.45, 2.75) is 19.8 Å².